The van der Waals surface area contributed by atoms with Crippen molar-refractivity contribution in [3.63, 3.8) is 0 Å². The minimum atomic E-state index is -0.533. The first-order valence-electron chi connectivity index (χ1n) is 9.14. The van der Waals surface area contributed by atoms with E-state index in [-0.39, 0.29) is 12.7 Å². The molecule has 0 bridgehead atoms. The van der Waals surface area contributed by atoms with Gasteiger partial charge in [0, 0.05) is 44.6 Å². The third kappa shape index (κ3) is 5.04. The largest absolute Gasteiger partial charge is 0.453 e. The second kappa shape index (κ2) is 9.23. The highest BCUT2D eigenvalue weighted by atomic mass is 32.1. The fraction of sp³-hybridized carbons (Fsp3) is 0.500. The quantitative estimate of drug-likeness (QED) is 0.569. The van der Waals surface area contributed by atoms with Gasteiger partial charge in [0.2, 0.25) is 0 Å². The summed E-state index contributed by atoms with van der Waals surface area (Å²) in [5, 5.41) is 0.447. The van der Waals surface area contributed by atoms with Gasteiger partial charge in [-0.15, -0.1) is 0 Å². The van der Waals surface area contributed by atoms with E-state index in [1.54, 1.807) is 4.90 Å². The fourth-order valence-corrected chi connectivity index (χ4v) is 3.25. The molecule has 2 aliphatic rings. The van der Waals surface area contributed by atoms with E-state index in [0.29, 0.717) is 38.4 Å². The highest BCUT2D eigenvalue weighted by Gasteiger charge is 2.33. The molecule has 1 atom stereocenters. The molecule has 0 N–H and O–H groups in total. The average molecular weight is 424 g/mol. The molecule has 0 spiro atoms. The number of carbonyl (C=O) groups excluding carboxylic acids is 3. The average Bonchev–Trinajstić information content (AvgIpc) is 3.12. The lowest BCUT2D eigenvalue weighted by Crippen LogP contribution is -2.48. The van der Waals surface area contributed by atoms with Crippen molar-refractivity contribution in [2.24, 2.45) is 0 Å². The molecule has 2 fully saturated rings. The zero-order chi connectivity index (χ0) is 21.0. The molecule has 10 nitrogen and oxygen atoms in total. The Bertz CT molecular complexity index is 753. The van der Waals surface area contributed by atoms with Crippen LogP contribution in [-0.2, 0) is 14.3 Å². The Morgan fingerprint density at radius 2 is 1.79 bits per heavy atom. The summed E-state index contributed by atoms with van der Waals surface area (Å²) in [5.41, 5.74) is 1.73. The summed E-state index contributed by atoms with van der Waals surface area (Å²) < 4.78 is 10.0. The van der Waals surface area contributed by atoms with E-state index in [1.165, 1.54) is 19.1 Å². The standard InChI is InChI=1S/C18H24N4O6S/c1-19(18(25)29)27-12-15-11-22(17(24)28-15)14-5-3-13(4-6-14)20-7-9-21(10-8-20)16(23)26-2/h3-6,15H,7-12H2,1-2H3,(H,25,29)/t15-/m0/s1. The number of hydroxylamine groups is 2. The lowest BCUT2D eigenvalue weighted by atomic mass is 10.2. The van der Waals surface area contributed by atoms with Crippen LogP contribution >= 0.6 is 12.6 Å². The molecule has 0 saturated carbocycles. The molecule has 1 aromatic carbocycles. The van der Waals surface area contributed by atoms with Gasteiger partial charge >= 0.3 is 17.4 Å². The van der Waals surface area contributed by atoms with Gasteiger partial charge in [0.25, 0.3) is 0 Å². The van der Waals surface area contributed by atoms with E-state index in [9.17, 15) is 14.4 Å². The number of amides is 3. The molecule has 2 aliphatic heterocycles. The van der Waals surface area contributed by atoms with Crippen molar-refractivity contribution < 1.29 is 28.7 Å². The smallest absolute Gasteiger partial charge is 0.414 e. The SMILES string of the molecule is COC(=O)N1CCN(c2ccc(N3C[C@@H](CON(C)C(=O)S)OC3=O)cc2)CC1. The normalized spacial score (nSPS) is 19.2. The highest BCUT2D eigenvalue weighted by Crippen LogP contribution is 2.25. The summed E-state index contributed by atoms with van der Waals surface area (Å²) in [6.07, 6.45) is -1.25. The number of nitrogens with zero attached hydrogens (tertiary/aromatic N) is 4. The van der Waals surface area contributed by atoms with Gasteiger partial charge in [-0.05, 0) is 24.3 Å². The monoisotopic (exact) mass is 424 g/mol. The Balaban J connectivity index is 1.54. The molecule has 2 saturated heterocycles. The minimum Gasteiger partial charge on any atom is -0.453 e. The number of hydrogen-bond donors (Lipinski definition) is 1. The lowest BCUT2D eigenvalue weighted by molar-refractivity contribution is -0.113. The predicted octanol–water partition coefficient (Wildman–Crippen LogP) is 1.81. The van der Waals surface area contributed by atoms with Crippen LogP contribution in [0.3, 0.4) is 0 Å². The van der Waals surface area contributed by atoms with E-state index in [0.717, 1.165) is 10.8 Å². The van der Waals surface area contributed by atoms with Gasteiger partial charge in [0.15, 0.2) is 0 Å². The molecule has 3 amide bonds. The topological polar surface area (TPSA) is 91.9 Å². The molecule has 0 unspecified atom stereocenters. The van der Waals surface area contributed by atoms with Gasteiger partial charge in [-0.3, -0.25) is 14.5 Å². The molecule has 0 radical (unpaired) electrons. The summed E-state index contributed by atoms with van der Waals surface area (Å²) in [6.45, 7) is 2.99. The molecule has 158 valence electrons. The minimum absolute atomic E-state index is 0.0631. The first-order chi connectivity index (χ1) is 13.9. The number of anilines is 2. The molecular formula is C18H24N4O6S. The zero-order valence-corrected chi connectivity index (χ0v) is 17.2. The van der Waals surface area contributed by atoms with Gasteiger partial charge < -0.3 is 19.3 Å². The van der Waals surface area contributed by atoms with E-state index in [1.807, 2.05) is 24.3 Å². The predicted molar refractivity (Wildman–Crippen MR) is 108 cm³/mol. The van der Waals surface area contributed by atoms with Gasteiger partial charge in [-0.1, -0.05) is 12.6 Å². The number of benzene rings is 1. The van der Waals surface area contributed by atoms with Gasteiger partial charge in [-0.25, -0.2) is 14.7 Å². The molecule has 0 aliphatic carbocycles. The summed E-state index contributed by atoms with van der Waals surface area (Å²) in [6, 6.07) is 7.59. The number of ether oxygens (including phenoxy) is 2. The lowest BCUT2D eigenvalue weighted by Gasteiger charge is -2.35. The summed E-state index contributed by atoms with van der Waals surface area (Å²) >= 11 is 3.65. The summed E-state index contributed by atoms with van der Waals surface area (Å²) in [7, 11) is 2.82. The molecular weight excluding hydrogens is 400 g/mol. The van der Waals surface area contributed by atoms with Crippen molar-refractivity contribution in [1.82, 2.24) is 9.96 Å². The Morgan fingerprint density at radius 3 is 2.38 bits per heavy atom. The summed E-state index contributed by atoms with van der Waals surface area (Å²) in [5.74, 6) is 0. The Morgan fingerprint density at radius 1 is 1.17 bits per heavy atom. The zero-order valence-electron chi connectivity index (χ0n) is 16.3. The van der Waals surface area contributed by atoms with Crippen molar-refractivity contribution in [3.8, 4) is 0 Å². The number of rotatable bonds is 5. The Hall–Kier alpha value is -2.66. The molecule has 3 rings (SSSR count). The van der Waals surface area contributed by atoms with Crippen LogP contribution in [0.25, 0.3) is 0 Å². The van der Waals surface area contributed by atoms with E-state index >= 15 is 0 Å². The number of thiol groups is 1. The number of carbonyl (C=O) groups is 3. The third-order valence-corrected chi connectivity index (χ3v) is 5.12. The number of hydrogen-bond acceptors (Lipinski definition) is 7. The first-order valence-corrected chi connectivity index (χ1v) is 9.59. The van der Waals surface area contributed by atoms with Crippen LogP contribution in [0.2, 0.25) is 0 Å². The second-order valence-corrected chi connectivity index (χ2v) is 7.04. The van der Waals surface area contributed by atoms with Crippen LogP contribution in [0.4, 0.5) is 25.8 Å². The van der Waals surface area contributed by atoms with Crippen LogP contribution in [0.15, 0.2) is 24.3 Å². The maximum absolute atomic E-state index is 12.2. The Kier molecular flexibility index (Phi) is 6.70. The number of methoxy groups -OCH3 is 1. The molecule has 1 aromatic rings. The summed E-state index contributed by atoms with van der Waals surface area (Å²) in [4.78, 5) is 45.4. The Labute approximate surface area is 174 Å². The van der Waals surface area contributed by atoms with Crippen molar-refractivity contribution >= 4 is 41.4 Å². The number of cyclic esters (lactones) is 1. The van der Waals surface area contributed by atoms with Crippen molar-refractivity contribution in [1.29, 1.82) is 0 Å². The van der Waals surface area contributed by atoms with Crippen molar-refractivity contribution in [3.05, 3.63) is 24.3 Å². The maximum atomic E-state index is 12.2. The number of piperazine rings is 1. The van der Waals surface area contributed by atoms with Crippen molar-refractivity contribution in [2.75, 3.05) is 63.3 Å². The molecule has 2 heterocycles. The van der Waals surface area contributed by atoms with E-state index in [2.05, 4.69) is 17.5 Å². The fourth-order valence-electron chi connectivity index (χ4n) is 3.19. The van der Waals surface area contributed by atoms with Gasteiger partial charge in [-0.2, -0.15) is 0 Å². The highest BCUT2D eigenvalue weighted by molar-refractivity contribution is 7.96. The molecule has 0 aromatic heterocycles. The van der Waals surface area contributed by atoms with E-state index in [4.69, 9.17) is 14.3 Å². The van der Waals surface area contributed by atoms with Crippen LogP contribution in [0, 0.1) is 0 Å². The molecule has 29 heavy (non-hydrogen) atoms. The first kappa shape index (κ1) is 21.1. The van der Waals surface area contributed by atoms with Crippen LogP contribution < -0.4 is 9.80 Å². The van der Waals surface area contributed by atoms with Gasteiger partial charge in [0.05, 0.1) is 13.7 Å². The van der Waals surface area contributed by atoms with Gasteiger partial charge in [0.1, 0.15) is 12.7 Å². The van der Waals surface area contributed by atoms with Crippen LogP contribution in [-0.4, -0.2) is 87.0 Å². The van der Waals surface area contributed by atoms with Crippen LogP contribution in [0.5, 0.6) is 0 Å². The third-order valence-electron chi connectivity index (χ3n) is 4.84. The van der Waals surface area contributed by atoms with E-state index < -0.39 is 17.4 Å². The van der Waals surface area contributed by atoms with Crippen molar-refractivity contribution in [2.45, 2.75) is 6.10 Å². The molecule has 11 heteroatoms. The second-order valence-electron chi connectivity index (χ2n) is 6.65. The van der Waals surface area contributed by atoms with Crippen LogP contribution in [0.1, 0.15) is 0 Å². The maximum Gasteiger partial charge on any atom is 0.414 e.